The van der Waals surface area contributed by atoms with E-state index in [0.29, 0.717) is 28.5 Å². The topological polar surface area (TPSA) is 122 Å². The number of pyridine rings is 2. The average molecular weight is 389 g/mol. The van der Waals surface area contributed by atoms with Gasteiger partial charge in [-0.2, -0.15) is 0 Å². The molecule has 0 atom stereocenters. The van der Waals surface area contributed by atoms with Crippen LogP contribution in [0, 0.1) is 0 Å². The van der Waals surface area contributed by atoms with E-state index < -0.39 is 5.91 Å². The maximum Gasteiger partial charge on any atom is 0.276 e. The van der Waals surface area contributed by atoms with Crippen LogP contribution in [0.5, 0.6) is 0 Å². The molecule has 2 amide bonds. The van der Waals surface area contributed by atoms with Gasteiger partial charge in [0, 0.05) is 24.9 Å². The van der Waals surface area contributed by atoms with Crippen LogP contribution in [0.3, 0.4) is 0 Å². The summed E-state index contributed by atoms with van der Waals surface area (Å²) in [5.74, 6) is -0.373. The highest BCUT2D eigenvalue weighted by atomic mass is 16.2. The average Bonchev–Trinajstić information content (AvgIpc) is 3.60. The number of nitrogens with zero attached hydrogens (tertiary/aromatic N) is 4. The van der Waals surface area contributed by atoms with Crippen molar-refractivity contribution in [3.8, 4) is 0 Å². The SMILES string of the molecule is CNC(=O)c1ccncc1NC(=O)c1nc(C2CC2)ccc1Nc1cncnc1. The first kappa shape index (κ1) is 18.5. The van der Waals surface area contributed by atoms with Crippen LogP contribution in [0.1, 0.15) is 45.3 Å². The van der Waals surface area contributed by atoms with E-state index >= 15 is 0 Å². The molecule has 9 nitrogen and oxygen atoms in total. The molecule has 0 radical (unpaired) electrons. The van der Waals surface area contributed by atoms with Crippen molar-refractivity contribution in [2.45, 2.75) is 18.8 Å². The van der Waals surface area contributed by atoms with Crippen LogP contribution in [-0.2, 0) is 0 Å². The monoisotopic (exact) mass is 389 g/mol. The Morgan fingerprint density at radius 2 is 1.76 bits per heavy atom. The molecule has 29 heavy (non-hydrogen) atoms. The molecule has 4 rings (SSSR count). The lowest BCUT2D eigenvalue weighted by atomic mass is 10.1. The van der Waals surface area contributed by atoms with Crippen molar-refractivity contribution >= 4 is 28.9 Å². The smallest absolute Gasteiger partial charge is 0.276 e. The molecule has 3 aromatic rings. The molecular formula is C20H19N7O2. The Morgan fingerprint density at radius 3 is 2.48 bits per heavy atom. The lowest BCUT2D eigenvalue weighted by Gasteiger charge is -2.14. The number of hydrogen-bond donors (Lipinski definition) is 3. The minimum atomic E-state index is -0.440. The van der Waals surface area contributed by atoms with E-state index in [1.807, 2.05) is 12.1 Å². The highest BCUT2D eigenvalue weighted by Gasteiger charge is 2.27. The Kier molecular flexibility index (Phi) is 5.10. The fourth-order valence-electron chi connectivity index (χ4n) is 2.88. The van der Waals surface area contributed by atoms with E-state index in [4.69, 9.17) is 0 Å². The fourth-order valence-corrected chi connectivity index (χ4v) is 2.88. The van der Waals surface area contributed by atoms with Gasteiger partial charge < -0.3 is 16.0 Å². The molecule has 0 aromatic carbocycles. The maximum absolute atomic E-state index is 13.1. The minimum Gasteiger partial charge on any atom is -0.355 e. The van der Waals surface area contributed by atoms with E-state index in [9.17, 15) is 9.59 Å². The van der Waals surface area contributed by atoms with Crippen LogP contribution in [0.4, 0.5) is 17.1 Å². The van der Waals surface area contributed by atoms with Crippen LogP contribution in [0.25, 0.3) is 0 Å². The van der Waals surface area contributed by atoms with E-state index in [1.54, 1.807) is 18.5 Å². The lowest BCUT2D eigenvalue weighted by Crippen LogP contribution is -2.22. The van der Waals surface area contributed by atoms with Gasteiger partial charge in [-0.15, -0.1) is 0 Å². The predicted octanol–water partition coefficient (Wildman–Crippen LogP) is 2.50. The van der Waals surface area contributed by atoms with Crippen molar-refractivity contribution in [1.82, 2.24) is 25.3 Å². The van der Waals surface area contributed by atoms with Gasteiger partial charge in [0.15, 0.2) is 5.69 Å². The zero-order valence-electron chi connectivity index (χ0n) is 15.7. The van der Waals surface area contributed by atoms with Gasteiger partial charge >= 0.3 is 0 Å². The van der Waals surface area contributed by atoms with Gasteiger partial charge in [-0.25, -0.2) is 15.0 Å². The zero-order chi connectivity index (χ0) is 20.2. The van der Waals surface area contributed by atoms with Gasteiger partial charge in [-0.1, -0.05) is 0 Å². The van der Waals surface area contributed by atoms with Crippen molar-refractivity contribution in [3.63, 3.8) is 0 Å². The Balaban J connectivity index is 1.66. The number of amides is 2. The van der Waals surface area contributed by atoms with Crippen molar-refractivity contribution in [2.75, 3.05) is 17.7 Å². The Hall–Kier alpha value is -3.88. The summed E-state index contributed by atoms with van der Waals surface area (Å²) in [6.45, 7) is 0. The number of carbonyl (C=O) groups is 2. The lowest BCUT2D eigenvalue weighted by molar-refractivity contribution is 0.0964. The molecule has 9 heteroatoms. The molecule has 0 saturated heterocycles. The summed E-state index contributed by atoms with van der Waals surface area (Å²) in [4.78, 5) is 41.7. The normalized spacial score (nSPS) is 12.9. The molecule has 1 aliphatic rings. The number of aromatic nitrogens is 4. The summed E-state index contributed by atoms with van der Waals surface area (Å²) in [6, 6.07) is 5.29. The van der Waals surface area contributed by atoms with Gasteiger partial charge in [0.05, 0.1) is 41.2 Å². The molecule has 3 aromatic heterocycles. The van der Waals surface area contributed by atoms with Crippen molar-refractivity contribution in [1.29, 1.82) is 0 Å². The van der Waals surface area contributed by atoms with E-state index in [0.717, 1.165) is 18.5 Å². The van der Waals surface area contributed by atoms with Gasteiger partial charge in [0.25, 0.3) is 11.8 Å². The third-order valence-corrected chi connectivity index (χ3v) is 4.51. The Labute approximate surface area is 167 Å². The standard InChI is InChI=1S/C20H19N7O2/c1-21-19(28)14-6-7-22-10-17(14)27-20(29)18-16(25-13-8-23-11-24-9-13)5-4-15(26-18)12-2-3-12/h4-12,25H,2-3H2,1H3,(H,21,28)(H,27,29). The fraction of sp³-hybridized carbons (Fsp3) is 0.200. The van der Waals surface area contributed by atoms with Crippen LogP contribution in [0.15, 0.2) is 49.3 Å². The maximum atomic E-state index is 13.1. The predicted molar refractivity (Wildman–Crippen MR) is 107 cm³/mol. The second-order valence-corrected chi connectivity index (χ2v) is 6.61. The number of nitrogens with one attached hydrogen (secondary N) is 3. The molecule has 0 spiro atoms. The summed E-state index contributed by atoms with van der Waals surface area (Å²) >= 11 is 0. The first-order valence-corrected chi connectivity index (χ1v) is 9.16. The molecule has 146 valence electrons. The van der Waals surface area contributed by atoms with E-state index in [-0.39, 0.29) is 11.6 Å². The van der Waals surface area contributed by atoms with Crippen molar-refractivity contribution in [3.05, 3.63) is 66.3 Å². The number of hydrogen-bond acceptors (Lipinski definition) is 7. The molecule has 1 aliphatic carbocycles. The van der Waals surface area contributed by atoms with Gasteiger partial charge in [0.2, 0.25) is 0 Å². The highest BCUT2D eigenvalue weighted by Crippen LogP contribution is 2.39. The second-order valence-electron chi connectivity index (χ2n) is 6.61. The third-order valence-electron chi connectivity index (χ3n) is 4.51. The summed E-state index contributed by atoms with van der Waals surface area (Å²) < 4.78 is 0. The van der Waals surface area contributed by atoms with Crippen molar-refractivity contribution in [2.24, 2.45) is 0 Å². The summed E-state index contributed by atoms with van der Waals surface area (Å²) in [5.41, 5.74) is 2.89. The summed E-state index contributed by atoms with van der Waals surface area (Å²) in [5, 5.41) is 8.44. The van der Waals surface area contributed by atoms with Crippen LogP contribution < -0.4 is 16.0 Å². The molecule has 3 heterocycles. The van der Waals surface area contributed by atoms with Gasteiger partial charge in [-0.05, 0) is 31.0 Å². The molecule has 0 unspecified atom stereocenters. The first-order chi connectivity index (χ1) is 14.2. The summed E-state index contributed by atoms with van der Waals surface area (Å²) in [6.07, 6.45) is 9.70. The molecule has 0 aliphatic heterocycles. The van der Waals surface area contributed by atoms with Crippen molar-refractivity contribution < 1.29 is 9.59 Å². The number of rotatable bonds is 6. The van der Waals surface area contributed by atoms with E-state index in [1.165, 1.54) is 25.8 Å². The summed E-state index contributed by atoms with van der Waals surface area (Å²) in [7, 11) is 1.53. The van der Waals surface area contributed by atoms with Crippen LogP contribution in [-0.4, -0.2) is 38.8 Å². The Bertz CT molecular complexity index is 1050. The highest BCUT2D eigenvalue weighted by molar-refractivity contribution is 6.10. The number of anilines is 3. The number of carbonyl (C=O) groups excluding carboxylic acids is 2. The van der Waals surface area contributed by atoms with Crippen LogP contribution in [0.2, 0.25) is 0 Å². The third kappa shape index (κ3) is 4.18. The van der Waals surface area contributed by atoms with Crippen LogP contribution >= 0.6 is 0 Å². The molecule has 0 bridgehead atoms. The largest absolute Gasteiger partial charge is 0.355 e. The molecule has 3 N–H and O–H groups in total. The first-order valence-electron chi connectivity index (χ1n) is 9.16. The molecule has 1 saturated carbocycles. The second kappa shape index (κ2) is 8.01. The zero-order valence-corrected chi connectivity index (χ0v) is 15.7. The Morgan fingerprint density at radius 1 is 0.966 bits per heavy atom. The van der Waals surface area contributed by atoms with E-state index in [2.05, 4.69) is 35.9 Å². The minimum absolute atomic E-state index is 0.227. The molecule has 1 fully saturated rings. The molecular weight excluding hydrogens is 370 g/mol. The quantitative estimate of drug-likeness (QED) is 0.592. The van der Waals surface area contributed by atoms with Gasteiger partial charge in [0.1, 0.15) is 6.33 Å². The van der Waals surface area contributed by atoms with Gasteiger partial charge in [-0.3, -0.25) is 14.6 Å².